The van der Waals surface area contributed by atoms with Crippen LogP contribution in [0.2, 0.25) is 15.1 Å². The standard InChI is InChI=1S/C17H10Cl3F3N4/c18-8-1-3-12(19)10(5-8)14-7-15(27-16(24)26-14)25-9-2-4-13(20)11(6-9)17(21,22)23/h1-7H,(H3,24,25,26,27). The molecular weight excluding hydrogens is 424 g/mol. The highest BCUT2D eigenvalue weighted by Crippen LogP contribution is 2.37. The van der Waals surface area contributed by atoms with Gasteiger partial charge in [-0.15, -0.1) is 0 Å². The monoisotopic (exact) mass is 432 g/mol. The third kappa shape index (κ3) is 4.55. The lowest BCUT2D eigenvalue weighted by molar-refractivity contribution is -0.137. The summed E-state index contributed by atoms with van der Waals surface area (Å²) < 4.78 is 39.0. The van der Waals surface area contributed by atoms with Crippen LogP contribution in [0.3, 0.4) is 0 Å². The normalized spacial score (nSPS) is 11.5. The van der Waals surface area contributed by atoms with Gasteiger partial charge in [-0.1, -0.05) is 34.8 Å². The third-order valence-corrected chi connectivity index (χ3v) is 4.39. The first-order chi connectivity index (χ1) is 12.6. The maximum Gasteiger partial charge on any atom is 0.417 e. The van der Waals surface area contributed by atoms with Crippen molar-refractivity contribution in [2.24, 2.45) is 0 Å². The molecule has 0 fully saturated rings. The lowest BCUT2D eigenvalue weighted by Gasteiger charge is -2.13. The van der Waals surface area contributed by atoms with Crippen molar-refractivity contribution in [2.75, 3.05) is 11.1 Å². The molecule has 10 heteroatoms. The molecule has 0 unspecified atom stereocenters. The van der Waals surface area contributed by atoms with Crippen LogP contribution in [0, 0.1) is 0 Å². The Labute approximate surface area is 167 Å². The first-order valence-corrected chi connectivity index (χ1v) is 8.50. The summed E-state index contributed by atoms with van der Waals surface area (Å²) in [5.74, 6) is 0.0973. The van der Waals surface area contributed by atoms with Crippen LogP contribution in [-0.2, 0) is 6.18 Å². The smallest absolute Gasteiger partial charge is 0.368 e. The number of nitrogen functional groups attached to an aromatic ring is 1. The molecule has 140 valence electrons. The van der Waals surface area contributed by atoms with Gasteiger partial charge < -0.3 is 11.1 Å². The molecule has 0 aliphatic carbocycles. The maximum atomic E-state index is 13.0. The Kier molecular flexibility index (Phi) is 5.37. The van der Waals surface area contributed by atoms with Crippen LogP contribution in [0.15, 0.2) is 42.5 Å². The van der Waals surface area contributed by atoms with Crippen LogP contribution in [0.5, 0.6) is 0 Å². The van der Waals surface area contributed by atoms with Gasteiger partial charge in [0.05, 0.1) is 21.3 Å². The SMILES string of the molecule is Nc1nc(Nc2ccc(Cl)c(C(F)(F)F)c2)cc(-c2cc(Cl)ccc2Cl)n1. The highest BCUT2D eigenvalue weighted by molar-refractivity contribution is 6.35. The van der Waals surface area contributed by atoms with E-state index >= 15 is 0 Å². The number of benzene rings is 2. The number of nitrogens with zero attached hydrogens (tertiary/aromatic N) is 2. The van der Waals surface area contributed by atoms with Gasteiger partial charge in [-0.25, -0.2) is 4.98 Å². The zero-order valence-electron chi connectivity index (χ0n) is 13.3. The van der Waals surface area contributed by atoms with E-state index in [0.717, 1.165) is 12.1 Å². The number of rotatable bonds is 3. The van der Waals surface area contributed by atoms with E-state index in [1.807, 2.05) is 0 Å². The van der Waals surface area contributed by atoms with Crippen LogP contribution in [0.25, 0.3) is 11.3 Å². The molecule has 3 aromatic rings. The van der Waals surface area contributed by atoms with Crippen LogP contribution >= 0.6 is 34.8 Å². The van der Waals surface area contributed by atoms with E-state index in [1.165, 1.54) is 12.1 Å². The molecule has 0 amide bonds. The minimum atomic E-state index is -4.58. The molecule has 1 aromatic heterocycles. The fraction of sp³-hybridized carbons (Fsp3) is 0.0588. The molecular formula is C17H10Cl3F3N4. The van der Waals surface area contributed by atoms with Gasteiger partial charge in [0.25, 0.3) is 0 Å². The number of hydrogen-bond acceptors (Lipinski definition) is 4. The number of nitrogens with one attached hydrogen (secondary N) is 1. The topological polar surface area (TPSA) is 63.8 Å². The van der Waals surface area contributed by atoms with Crippen molar-refractivity contribution in [3.8, 4) is 11.3 Å². The Balaban J connectivity index is 2.00. The zero-order valence-corrected chi connectivity index (χ0v) is 15.5. The molecule has 3 N–H and O–H groups in total. The molecule has 0 bridgehead atoms. The summed E-state index contributed by atoms with van der Waals surface area (Å²) in [4.78, 5) is 8.09. The van der Waals surface area contributed by atoms with Gasteiger partial charge in [-0.05, 0) is 36.4 Å². The third-order valence-electron chi connectivity index (χ3n) is 3.49. The molecule has 0 radical (unpaired) electrons. The summed E-state index contributed by atoms with van der Waals surface area (Å²) >= 11 is 17.8. The average molecular weight is 434 g/mol. The largest absolute Gasteiger partial charge is 0.417 e. The predicted molar refractivity (Wildman–Crippen MR) is 102 cm³/mol. The van der Waals surface area contributed by atoms with Gasteiger partial charge in [0.2, 0.25) is 5.95 Å². The molecule has 1 heterocycles. The molecule has 3 rings (SSSR count). The summed E-state index contributed by atoms with van der Waals surface area (Å²) in [5.41, 5.74) is 5.76. The van der Waals surface area contributed by atoms with E-state index in [0.29, 0.717) is 21.3 Å². The fourth-order valence-electron chi connectivity index (χ4n) is 2.33. The van der Waals surface area contributed by atoms with Crippen molar-refractivity contribution < 1.29 is 13.2 Å². The average Bonchev–Trinajstić information content (AvgIpc) is 2.57. The van der Waals surface area contributed by atoms with E-state index < -0.39 is 16.8 Å². The van der Waals surface area contributed by atoms with Gasteiger partial charge in [0, 0.05) is 22.3 Å². The van der Waals surface area contributed by atoms with Crippen LogP contribution in [0.4, 0.5) is 30.6 Å². The summed E-state index contributed by atoms with van der Waals surface area (Å²) in [6, 6.07) is 9.72. The minimum Gasteiger partial charge on any atom is -0.368 e. The molecule has 0 aliphatic heterocycles. The Hall–Kier alpha value is -2.22. The van der Waals surface area contributed by atoms with Gasteiger partial charge in [-0.2, -0.15) is 18.2 Å². The van der Waals surface area contributed by atoms with E-state index in [2.05, 4.69) is 15.3 Å². The second-order valence-electron chi connectivity index (χ2n) is 5.44. The number of hydrogen-bond donors (Lipinski definition) is 2. The van der Waals surface area contributed by atoms with Crippen LogP contribution in [-0.4, -0.2) is 9.97 Å². The number of aromatic nitrogens is 2. The van der Waals surface area contributed by atoms with Crippen molar-refractivity contribution in [2.45, 2.75) is 6.18 Å². The van der Waals surface area contributed by atoms with Crippen molar-refractivity contribution in [3.05, 3.63) is 63.1 Å². The zero-order chi connectivity index (χ0) is 19.8. The lowest BCUT2D eigenvalue weighted by atomic mass is 10.1. The van der Waals surface area contributed by atoms with Gasteiger partial charge in [-0.3, -0.25) is 0 Å². The molecule has 4 nitrogen and oxygen atoms in total. The predicted octanol–water partition coefficient (Wildman–Crippen LogP) is 6.45. The molecule has 0 aliphatic rings. The van der Waals surface area contributed by atoms with E-state index in [9.17, 15) is 13.2 Å². The summed E-state index contributed by atoms with van der Waals surface area (Å²) in [6.45, 7) is 0. The van der Waals surface area contributed by atoms with E-state index in [4.69, 9.17) is 40.5 Å². The first-order valence-electron chi connectivity index (χ1n) is 7.37. The quantitative estimate of drug-likeness (QED) is 0.498. The van der Waals surface area contributed by atoms with Crippen molar-refractivity contribution in [1.29, 1.82) is 0 Å². The van der Waals surface area contributed by atoms with Crippen molar-refractivity contribution in [3.63, 3.8) is 0 Å². The van der Waals surface area contributed by atoms with E-state index in [-0.39, 0.29) is 17.5 Å². The molecule has 2 aromatic carbocycles. The first kappa shape index (κ1) is 19.5. The molecule has 0 spiro atoms. The van der Waals surface area contributed by atoms with Gasteiger partial charge in [0.15, 0.2) is 0 Å². The second-order valence-corrected chi connectivity index (χ2v) is 6.69. The lowest BCUT2D eigenvalue weighted by Crippen LogP contribution is -2.07. The van der Waals surface area contributed by atoms with E-state index in [1.54, 1.807) is 18.2 Å². The number of alkyl halides is 3. The Bertz CT molecular complexity index is 1010. The van der Waals surface area contributed by atoms with Crippen LogP contribution < -0.4 is 11.1 Å². The van der Waals surface area contributed by atoms with Crippen molar-refractivity contribution in [1.82, 2.24) is 9.97 Å². The summed E-state index contributed by atoms with van der Waals surface area (Å²) in [5, 5.41) is 3.18. The van der Waals surface area contributed by atoms with Gasteiger partial charge >= 0.3 is 6.18 Å². The molecule has 0 saturated heterocycles. The Morgan fingerprint density at radius 1 is 0.889 bits per heavy atom. The Morgan fingerprint density at radius 3 is 2.30 bits per heavy atom. The molecule has 0 saturated carbocycles. The minimum absolute atomic E-state index is 0.0870. The van der Waals surface area contributed by atoms with Crippen molar-refractivity contribution >= 4 is 52.3 Å². The Morgan fingerprint density at radius 2 is 1.59 bits per heavy atom. The number of halogens is 6. The fourth-order valence-corrected chi connectivity index (χ4v) is 2.94. The molecule has 0 atom stereocenters. The molecule has 27 heavy (non-hydrogen) atoms. The van der Waals surface area contributed by atoms with Gasteiger partial charge in [0.1, 0.15) is 5.82 Å². The second kappa shape index (κ2) is 7.42. The number of nitrogens with two attached hydrogens (primary N) is 1. The summed E-state index contributed by atoms with van der Waals surface area (Å²) in [6.07, 6.45) is -4.58. The maximum absolute atomic E-state index is 13.0. The highest BCUT2D eigenvalue weighted by Gasteiger charge is 2.33. The van der Waals surface area contributed by atoms with Crippen LogP contribution in [0.1, 0.15) is 5.56 Å². The number of anilines is 3. The summed E-state index contributed by atoms with van der Waals surface area (Å²) in [7, 11) is 0. The highest BCUT2D eigenvalue weighted by atomic mass is 35.5.